The summed E-state index contributed by atoms with van der Waals surface area (Å²) in [4.78, 5) is 42.7. The van der Waals surface area contributed by atoms with Crippen molar-refractivity contribution in [3.8, 4) is 11.5 Å². The van der Waals surface area contributed by atoms with Gasteiger partial charge in [0.2, 0.25) is 0 Å². The van der Waals surface area contributed by atoms with Gasteiger partial charge in [0.1, 0.15) is 6.61 Å². The minimum Gasteiger partial charge on any atom is -0.493 e. The maximum absolute atomic E-state index is 13.8. The Bertz CT molecular complexity index is 1670. The molecule has 1 aliphatic heterocycles. The van der Waals surface area contributed by atoms with Crippen molar-refractivity contribution in [3.63, 3.8) is 0 Å². The molecule has 0 fully saturated rings. The highest BCUT2D eigenvalue weighted by Gasteiger charge is 2.34. The molecule has 1 atom stereocenters. The number of non-ortho nitro benzene ring substituents is 1. The van der Waals surface area contributed by atoms with Crippen LogP contribution in [0, 0.1) is 16.0 Å². The molecule has 208 valence electrons. The van der Waals surface area contributed by atoms with Crippen molar-refractivity contribution in [2.75, 3.05) is 20.3 Å². The summed E-state index contributed by atoms with van der Waals surface area (Å²) in [5.74, 6) is 0.473. The molecule has 0 spiro atoms. The van der Waals surface area contributed by atoms with Crippen LogP contribution in [0.15, 0.2) is 76.2 Å². The summed E-state index contributed by atoms with van der Waals surface area (Å²) < 4.78 is 18.7. The zero-order valence-corrected chi connectivity index (χ0v) is 23.4. The lowest BCUT2D eigenvalue weighted by molar-refractivity contribution is -0.384. The number of benzene rings is 2. The summed E-state index contributed by atoms with van der Waals surface area (Å²) in [5.41, 5.74) is 1.50. The predicted octanol–water partition coefficient (Wildman–Crippen LogP) is 3.92. The standard InChI is InChI=1S/C29H29N3O7S/c1-6-13-38-22-12-9-20(15-23(22)37-5)26-25(28(34)39-16-17(2)3)18(4)30-29-31(26)27(33)24(40-29)14-19-7-10-21(11-8-19)32(35)36/h6-12,14-15,17,26H,1,13,16H2,2-5H3/b24-14-. The minimum atomic E-state index is -0.836. The third kappa shape index (κ3) is 5.89. The second-order valence-corrected chi connectivity index (χ2v) is 10.4. The van der Waals surface area contributed by atoms with Gasteiger partial charge in [-0.05, 0) is 54.3 Å². The van der Waals surface area contributed by atoms with E-state index in [1.165, 1.54) is 35.1 Å². The molecule has 3 aromatic rings. The Morgan fingerprint density at radius 3 is 2.58 bits per heavy atom. The number of nitro groups is 1. The number of rotatable bonds is 10. The molecule has 0 aliphatic carbocycles. The maximum Gasteiger partial charge on any atom is 0.338 e. The fourth-order valence-corrected chi connectivity index (χ4v) is 5.23. The van der Waals surface area contributed by atoms with Crippen molar-refractivity contribution in [1.82, 2.24) is 4.57 Å². The summed E-state index contributed by atoms with van der Waals surface area (Å²) in [6.45, 7) is 9.74. The lowest BCUT2D eigenvalue weighted by Crippen LogP contribution is -2.40. The van der Waals surface area contributed by atoms with Gasteiger partial charge in [0.05, 0.1) is 40.5 Å². The number of allylic oxidation sites excluding steroid dienone is 1. The van der Waals surface area contributed by atoms with E-state index in [-0.39, 0.29) is 36.0 Å². The fraction of sp³-hybridized carbons (Fsp3) is 0.276. The molecule has 1 aromatic heterocycles. The van der Waals surface area contributed by atoms with E-state index in [4.69, 9.17) is 14.2 Å². The number of nitrogens with zero attached hydrogens (tertiary/aromatic N) is 3. The molecule has 0 saturated carbocycles. The largest absolute Gasteiger partial charge is 0.493 e. The first kappa shape index (κ1) is 28.5. The van der Waals surface area contributed by atoms with Gasteiger partial charge < -0.3 is 14.2 Å². The summed E-state index contributed by atoms with van der Waals surface area (Å²) in [6, 6.07) is 10.3. The third-order valence-electron chi connectivity index (χ3n) is 6.05. The Balaban J connectivity index is 1.89. The number of ether oxygens (including phenoxy) is 3. The van der Waals surface area contributed by atoms with E-state index < -0.39 is 16.9 Å². The number of carbonyl (C=O) groups excluding carboxylic acids is 1. The molecular weight excluding hydrogens is 534 g/mol. The zero-order chi connectivity index (χ0) is 29.0. The van der Waals surface area contributed by atoms with E-state index in [0.29, 0.717) is 37.7 Å². The minimum absolute atomic E-state index is 0.0479. The molecule has 10 nitrogen and oxygen atoms in total. The van der Waals surface area contributed by atoms with Gasteiger partial charge in [-0.15, -0.1) is 0 Å². The first-order valence-corrected chi connectivity index (χ1v) is 13.3. The molecule has 1 unspecified atom stereocenters. The Morgan fingerprint density at radius 2 is 1.95 bits per heavy atom. The number of nitro benzene ring substituents is 1. The molecule has 40 heavy (non-hydrogen) atoms. The molecule has 11 heteroatoms. The lowest BCUT2D eigenvalue weighted by Gasteiger charge is -2.25. The number of hydrogen-bond donors (Lipinski definition) is 0. The van der Waals surface area contributed by atoms with Gasteiger partial charge in [0.25, 0.3) is 11.2 Å². The fourth-order valence-electron chi connectivity index (χ4n) is 4.18. The molecule has 4 rings (SSSR count). The number of methoxy groups -OCH3 is 1. The average molecular weight is 564 g/mol. The van der Waals surface area contributed by atoms with Crippen molar-refractivity contribution in [2.24, 2.45) is 10.9 Å². The molecule has 2 heterocycles. The molecular formula is C29H29N3O7S. The number of hydrogen-bond acceptors (Lipinski definition) is 9. The van der Waals surface area contributed by atoms with Crippen LogP contribution >= 0.6 is 11.3 Å². The number of thiazole rings is 1. The van der Waals surface area contributed by atoms with E-state index >= 15 is 0 Å². The van der Waals surface area contributed by atoms with Crippen LogP contribution in [0.4, 0.5) is 5.69 Å². The highest BCUT2D eigenvalue weighted by molar-refractivity contribution is 7.07. The predicted molar refractivity (Wildman–Crippen MR) is 151 cm³/mol. The first-order valence-electron chi connectivity index (χ1n) is 12.5. The molecule has 0 bridgehead atoms. The van der Waals surface area contributed by atoms with Crippen LogP contribution in [0.3, 0.4) is 0 Å². The number of aromatic nitrogens is 1. The molecule has 0 amide bonds. The van der Waals surface area contributed by atoms with E-state index in [2.05, 4.69) is 11.6 Å². The summed E-state index contributed by atoms with van der Waals surface area (Å²) in [5, 5.41) is 11.0. The van der Waals surface area contributed by atoms with Crippen LogP contribution in [-0.4, -0.2) is 35.8 Å². The third-order valence-corrected chi connectivity index (χ3v) is 7.03. The van der Waals surface area contributed by atoms with Gasteiger partial charge in [-0.3, -0.25) is 19.5 Å². The number of fused-ring (bicyclic) bond motifs is 1. The van der Waals surface area contributed by atoms with Gasteiger partial charge in [0.15, 0.2) is 16.3 Å². The van der Waals surface area contributed by atoms with E-state index in [1.54, 1.807) is 49.4 Å². The molecule has 0 radical (unpaired) electrons. The van der Waals surface area contributed by atoms with E-state index in [1.807, 2.05) is 13.8 Å². The quantitative estimate of drug-likeness (QED) is 0.159. The Morgan fingerprint density at radius 1 is 1.23 bits per heavy atom. The van der Waals surface area contributed by atoms with E-state index in [0.717, 1.165) is 0 Å². The zero-order valence-electron chi connectivity index (χ0n) is 22.6. The summed E-state index contributed by atoms with van der Waals surface area (Å²) in [7, 11) is 1.51. The molecule has 1 aliphatic rings. The SMILES string of the molecule is C=CCOc1ccc(C2C(C(=O)OCC(C)C)=C(C)N=c3s/c(=C\c4ccc([N+](=O)[O-])cc4)c(=O)n32)cc1OC. The van der Waals surface area contributed by atoms with Crippen molar-refractivity contribution in [1.29, 1.82) is 0 Å². The van der Waals surface area contributed by atoms with Gasteiger partial charge >= 0.3 is 5.97 Å². The monoisotopic (exact) mass is 563 g/mol. The van der Waals surface area contributed by atoms with Crippen molar-refractivity contribution >= 4 is 29.1 Å². The summed E-state index contributed by atoms with van der Waals surface area (Å²) in [6.07, 6.45) is 3.26. The normalized spacial score (nSPS) is 14.9. The van der Waals surface area contributed by atoms with Gasteiger partial charge in [-0.25, -0.2) is 9.79 Å². The van der Waals surface area contributed by atoms with Crippen molar-refractivity contribution in [2.45, 2.75) is 26.8 Å². The lowest BCUT2D eigenvalue weighted by atomic mass is 9.95. The second kappa shape index (κ2) is 12.1. The van der Waals surface area contributed by atoms with Crippen molar-refractivity contribution < 1.29 is 23.9 Å². The Kier molecular flexibility index (Phi) is 8.64. The molecule has 2 aromatic carbocycles. The average Bonchev–Trinajstić information content (AvgIpc) is 3.23. The topological polar surface area (TPSA) is 122 Å². The van der Waals surface area contributed by atoms with Gasteiger partial charge in [-0.2, -0.15) is 0 Å². The van der Waals surface area contributed by atoms with Crippen LogP contribution < -0.4 is 24.4 Å². The van der Waals surface area contributed by atoms with Crippen LogP contribution in [-0.2, 0) is 9.53 Å². The maximum atomic E-state index is 13.8. The van der Waals surface area contributed by atoms with Crippen molar-refractivity contribution in [3.05, 3.63) is 107 Å². The number of carbonyl (C=O) groups is 1. The van der Waals surface area contributed by atoms with Gasteiger partial charge in [0, 0.05) is 12.1 Å². The Hall–Kier alpha value is -4.51. The molecule has 0 N–H and O–H groups in total. The van der Waals surface area contributed by atoms with Gasteiger partial charge in [-0.1, -0.05) is 43.9 Å². The summed E-state index contributed by atoms with van der Waals surface area (Å²) >= 11 is 1.17. The van der Waals surface area contributed by atoms with E-state index in [9.17, 15) is 19.7 Å². The van der Waals surface area contributed by atoms with Crippen LogP contribution in [0.5, 0.6) is 11.5 Å². The van der Waals surface area contributed by atoms with Crippen LogP contribution in [0.25, 0.3) is 6.08 Å². The highest BCUT2D eigenvalue weighted by atomic mass is 32.1. The van der Waals surface area contributed by atoms with Crippen LogP contribution in [0.2, 0.25) is 0 Å². The Labute approximate surface area is 234 Å². The molecule has 0 saturated heterocycles. The van der Waals surface area contributed by atoms with Crippen LogP contribution in [0.1, 0.15) is 37.9 Å². The second-order valence-electron chi connectivity index (χ2n) is 9.43. The smallest absolute Gasteiger partial charge is 0.338 e. The number of esters is 1. The highest BCUT2D eigenvalue weighted by Crippen LogP contribution is 2.36. The first-order chi connectivity index (χ1) is 19.1.